The fraction of sp³-hybridized carbons (Fsp3) is 0.143. The van der Waals surface area contributed by atoms with Gasteiger partial charge < -0.3 is 20.1 Å². The number of fused-ring (bicyclic) bond motifs is 2. The van der Waals surface area contributed by atoms with Crippen molar-refractivity contribution in [3.63, 3.8) is 0 Å². The molecule has 6 heteroatoms. The molecule has 2 aromatic carbocycles. The smallest absolute Gasteiger partial charge is 0.161 e. The zero-order valence-corrected chi connectivity index (χ0v) is 14.7. The van der Waals surface area contributed by atoms with Gasteiger partial charge in [-0.05, 0) is 30.7 Å². The van der Waals surface area contributed by atoms with E-state index in [9.17, 15) is 5.11 Å². The number of anilines is 1. The topological polar surface area (TPSA) is 83.1 Å². The lowest BCUT2D eigenvalue weighted by Gasteiger charge is -2.20. The summed E-state index contributed by atoms with van der Waals surface area (Å²) in [6.45, 7) is 2.39. The lowest BCUT2D eigenvalue weighted by atomic mass is 9.97. The Morgan fingerprint density at radius 3 is 2.93 bits per heavy atom. The van der Waals surface area contributed by atoms with Gasteiger partial charge in [0.1, 0.15) is 0 Å². The Bertz CT molecular complexity index is 1150. The highest BCUT2D eigenvalue weighted by Crippen LogP contribution is 2.44. The Kier molecular flexibility index (Phi) is 3.50. The van der Waals surface area contributed by atoms with Crippen LogP contribution < -0.4 is 10.1 Å². The summed E-state index contributed by atoms with van der Waals surface area (Å²) in [7, 11) is 0. The van der Waals surface area contributed by atoms with Crippen LogP contribution in [-0.2, 0) is 0 Å². The third-order valence-electron chi connectivity index (χ3n) is 4.95. The second-order valence-electron chi connectivity index (χ2n) is 6.51. The van der Waals surface area contributed by atoms with Gasteiger partial charge >= 0.3 is 0 Å². The van der Waals surface area contributed by atoms with Gasteiger partial charge in [-0.3, -0.25) is 0 Å². The molecule has 5 rings (SSSR count). The number of phenols is 1. The summed E-state index contributed by atoms with van der Waals surface area (Å²) < 4.78 is 5.58. The molecule has 1 aliphatic rings. The first kappa shape index (κ1) is 15.7. The largest absolute Gasteiger partial charge is 0.504 e. The summed E-state index contributed by atoms with van der Waals surface area (Å²) in [5.74, 6) is 0.620. The number of nitrogens with one attached hydrogen (secondary N) is 2. The summed E-state index contributed by atoms with van der Waals surface area (Å²) >= 11 is 0. The molecule has 0 saturated heterocycles. The van der Waals surface area contributed by atoms with Crippen molar-refractivity contribution in [2.75, 3.05) is 11.9 Å². The third kappa shape index (κ3) is 2.41. The van der Waals surface area contributed by atoms with Crippen molar-refractivity contribution in [1.82, 2.24) is 15.2 Å². The Hall–Kier alpha value is -3.54. The van der Waals surface area contributed by atoms with Crippen molar-refractivity contribution in [3.05, 3.63) is 66.0 Å². The molecule has 2 aromatic heterocycles. The fourth-order valence-electron chi connectivity index (χ4n) is 3.75. The Morgan fingerprint density at radius 1 is 1.15 bits per heavy atom. The lowest BCUT2D eigenvalue weighted by Crippen LogP contribution is -2.11. The molecule has 0 amide bonds. The quantitative estimate of drug-likeness (QED) is 0.510. The highest BCUT2D eigenvalue weighted by atomic mass is 16.5. The van der Waals surface area contributed by atoms with Crippen LogP contribution in [0.4, 0.5) is 5.69 Å². The summed E-state index contributed by atoms with van der Waals surface area (Å²) in [6.07, 6.45) is 3.78. The second kappa shape index (κ2) is 6.02. The van der Waals surface area contributed by atoms with Crippen molar-refractivity contribution >= 4 is 16.7 Å². The number of rotatable bonds is 3. The summed E-state index contributed by atoms with van der Waals surface area (Å²) in [5.41, 5.74) is 6.00. The van der Waals surface area contributed by atoms with Gasteiger partial charge in [-0.2, -0.15) is 5.10 Å². The minimum atomic E-state index is -0.120. The van der Waals surface area contributed by atoms with Gasteiger partial charge in [-0.25, -0.2) is 0 Å². The summed E-state index contributed by atoms with van der Waals surface area (Å²) in [5, 5.41) is 23.2. The van der Waals surface area contributed by atoms with Crippen molar-refractivity contribution in [2.45, 2.75) is 13.0 Å². The summed E-state index contributed by atoms with van der Waals surface area (Å²) in [4.78, 5) is 3.24. The van der Waals surface area contributed by atoms with Crippen LogP contribution in [0.1, 0.15) is 24.1 Å². The molecule has 6 nitrogen and oxygen atoms in total. The van der Waals surface area contributed by atoms with E-state index in [2.05, 4.69) is 32.6 Å². The van der Waals surface area contributed by atoms with Crippen LogP contribution in [0.2, 0.25) is 0 Å². The van der Waals surface area contributed by atoms with Crippen molar-refractivity contribution < 1.29 is 9.84 Å². The van der Waals surface area contributed by atoms with E-state index in [0.717, 1.165) is 39.0 Å². The van der Waals surface area contributed by atoms with Crippen molar-refractivity contribution in [1.29, 1.82) is 0 Å². The molecule has 4 aromatic rings. The monoisotopic (exact) mass is 358 g/mol. The van der Waals surface area contributed by atoms with E-state index in [1.165, 1.54) is 0 Å². The molecule has 3 heterocycles. The second-order valence-corrected chi connectivity index (χ2v) is 6.51. The number of hydrogen-bond donors (Lipinski definition) is 3. The Balaban J connectivity index is 1.76. The maximum absolute atomic E-state index is 10.1. The standard InChI is InChI=1S/C21H18N4O2/c1-2-27-18-9-12(7-8-17(18)26)20-15-10-22-21-19(15)14(11-23-25-21)13-5-3-4-6-16(13)24-20/h3-11,20,24,26H,2H2,1H3,(H,22,25). The zero-order valence-electron chi connectivity index (χ0n) is 14.7. The van der Waals surface area contributed by atoms with Gasteiger partial charge in [-0.1, -0.05) is 24.3 Å². The van der Waals surface area contributed by atoms with Gasteiger partial charge in [0.05, 0.1) is 18.8 Å². The van der Waals surface area contributed by atoms with Crippen LogP contribution in [0.3, 0.4) is 0 Å². The summed E-state index contributed by atoms with van der Waals surface area (Å²) in [6, 6.07) is 13.5. The van der Waals surface area contributed by atoms with Crippen molar-refractivity contribution in [3.8, 4) is 22.6 Å². The zero-order chi connectivity index (χ0) is 18.4. The van der Waals surface area contributed by atoms with E-state index in [0.29, 0.717) is 12.4 Å². The van der Waals surface area contributed by atoms with Crippen LogP contribution in [0.15, 0.2) is 54.9 Å². The maximum Gasteiger partial charge on any atom is 0.161 e. The molecule has 0 fully saturated rings. The fourth-order valence-corrected chi connectivity index (χ4v) is 3.75. The molecule has 3 N–H and O–H groups in total. The molecule has 1 atom stereocenters. The van der Waals surface area contributed by atoms with Crippen LogP contribution in [0.25, 0.3) is 22.2 Å². The Labute approximate surface area is 155 Å². The molecular weight excluding hydrogens is 340 g/mol. The molecule has 1 unspecified atom stereocenters. The van der Waals surface area contributed by atoms with Crippen LogP contribution in [-0.4, -0.2) is 26.9 Å². The van der Waals surface area contributed by atoms with Crippen LogP contribution in [0.5, 0.6) is 11.5 Å². The number of aromatic nitrogens is 3. The molecule has 134 valence electrons. The SMILES string of the molecule is CCOc1cc(C2Nc3ccccc3-c3cnnc4[nH]cc2c34)ccc1O. The average molecular weight is 358 g/mol. The van der Waals surface area contributed by atoms with Crippen LogP contribution in [0, 0.1) is 0 Å². The first-order valence-electron chi connectivity index (χ1n) is 8.90. The molecule has 1 aliphatic heterocycles. The van der Waals surface area contributed by atoms with Gasteiger partial charge in [0.2, 0.25) is 0 Å². The Morgan fingerprint density at radius 2 is 2.04 bits per heavy atom. The third-order valence-corrected chi connectivity index (χ3v) is 4.95. The highest BCUT2D eigenvalue weighted by molar-refractivity contribution is 6.00. The van der Waals surface area contributed by atoms with Crippen molar-refractivity contribution in [2.24, 2.45) is 0 Å². The highest BCUT2D eigenvalue weighted by Gasteiger charge is 2.26. The first-order chi connectivity index (χ1) is 13.3. The number of para-hydroxylation sites is 1. The van der Waals surface area contributed by atoms with Gasteiger partial charge in [0.15, 0.2) is 17.1 Å². The maximum atomic E-state index is 10.1. The van der Waals surface area contributed by atoms with E-state index in [4.69, 9.17) is 4.74 Å². The predicted molar refractivity (Wildman–Crippen MR) is 104 cm³/mol. The van der Waals surface area contributed by atoms with Gasteiger partial charge in [0.25, 0.3) is 0 Å². The number of H-pyrrole nitrogens is 1. The van der Waals surface area contributed by atoms with E-state index in [-0.39, 0.29) is 11.8 Å². The number of nitrogens with zero attached hydrogens (tertiary/aromatic N) is 2. The number of aromatic hydroxyl groups is 1. The first-order valence-corrected chi connectivity index (χ1v) is 8.90. The molecule has 0 aliphatic carbocycles. The molecule has 27 heavy (non-hydrogen) atoms. The molecule has 0 saturated carbocycles. The number of phenolic OH excluding ortho intramolecular Hbond substituents is 1. The minimum absolute atomic E-state index is 0.120. The van der Waals surface area contributed by atoms with E-state index >= 15 is 0 Å². The molecule has 0 radical (unpaired) electrons. The van der Waals surface area contributed by atoms with E-state index in [1.54, 1.807) is 6.07 Å². The van der Waals surface area contributed by atoms with Crippen LogP contribution >= 0.6 is 0 Å². The lowest BCUT2D eigenvalue weighted by molar-refractivity contribution is 0.317. The number of aromatic amines is 1. The molecular formula is C21H18N4O2. The van der Waals surface area contributed by atoms with Gasteiger partial charge in [0, 0.05) is 34.0 Å². The normalized spacial score (nSPS) is 15.1. The van der Waals surface area contributed by atoms with Gasteiger partial charge in [-0.15, -0.1) is 5.10 Å². The average Bonchev–Trinajstić information content (AvgIpc) is 3.06. The van der Waals surface area contributed by atoms with E-state index in [1.807, 2.05) is 43.6 Å². The molecule has 0 bridgehead atoms. The molecule has 0 spiro atoms. The number of ether oxygens (including phenoxy) is 1. The number of hydrogen-bond acceptors (Lipinski definition) is 5. The minimum Gasteiger partial charge on any atom is -0.504 e. The predicted octanol–water partition coefficient (Wildman–Crippen LogP) is 4.24. The van der Waals surface area contributed by atoms with E-state index < -0.39 is 0 Å². The number of benzene rings is 2.